The monoisotopic (exact) mass is 215 g/mol. The Labute approximate surface area is 96.0 Å². The van der Waals surface area contributed by atoms with Crippen LogP contribution in [0.1, 0.15) is 52.9 Å². The molecule has 0 aromatic heterocycles. The second-order valence-corrected chi connectivity index (χ2v) is 5.18. The maximum atomic E-state index is 5.80. The van der Waals surface area contributed by atoms with Gasteiger partial charge in [-0.2, -0.15) is 0 Å². The molecule has 0 unspecified atom stereocenters. The van der Waals surface area contributed by atoms with E-state index in [4.69, 9.17) is 4.74 Å². The van der Waals surface area contributed by atoms with Gasteiger partial charge in [-0.15, -0.1) is 0 Å². The van der Waals surface area contributed by atoms with Crippen molar-refractivity contribution in [2.45, 2.75) is 58.5 Å². The number of ether oxygens (including phenoxy) is 1. The highest BCUT2D eigenvalue weighted by molar-refractivity contribution is 4.64. The Morgan fingerprint density at radius 2 is 1.60 bits per heavy atom. The average molecular weight is 215 g/mol. The maximum Gasteiger partial charge on any atom is 0.0623 e. The molecule has 0 aliphatic heterocycles. The van der Waals surface area contributed by atoms with Crippen molar-refractivity contribution in [2.75, 3.05) is 27.2 Å². The first-order valence-electron chi connectivity index (χ1n) is 6.26. The fourth-order valence-corrected chi connectivity index (χ4v) is 1.33. The lowest BCUT2D eigenvalue weighted by Gasteiger charge is -2.23. The van der Waals surface area contributed by atoms with E-state index in [9.17, 15) is 0 Å². The van der Waals surface area contributed by atoms with Gasteiger partial charge in [0.15, 0.2) is 0 Å². The lowest BCUT2D eigenvalue weighted by molar-refractivity contribution is -0.0217. The normalized spacial score (nSPS) is 12.4. The quantitative estimate of drug-likeness (QED) is 0.547. The van der Waals surface area contributed by atoms with E-state index >= 15 is 0 Å². The predicted octanol–water partition coefficient (Wildman–Crippen LogP) is 3.31. The van der Waals surface area contributed by atoms with Crippen molar-refractivity contribution in [3.05, 3.63) is 0 Å². The van der Waals surface area contributed by atoms with Gasteiger partial charge in [-0.05, 0) is 53.8 Å². The molecular formula is C13H29NO. The third kappa shape index (κ3) is 10.2. The summed E-state index contributed by atoms with van der Waals surface area (Å²) in [5, 5.41) is 0. The fraction of sp³-hybridized carbons (Fsp3) is 1.00. The first-order valence-corrected chi connectivity index (χ1v) is 6.26. The molecule has 0 aromatic rings. The van der Waals surface area contributed by atoms with Crippen LogP contribution in [-0.2, 0) is 4.74 Å². The van der Waals surface area contributed by atoms with Crippen molar-refractivity contribution in [3.8, 4) is 0 Å². The van der Waals surface area contributed by atoms with Gasteiger partial charge < -0.3 is 9.64 Å². The Balaban J connectivity index is 3.18. The smallest absolute Gasteiger partial charge is 0.0623 e. The van der Waals surface area contributed by atoms with Gasteiger partial charge in [-0.1, -0.05) is 19.8 Å². The molecule has 2 heteroatoms. The van der Waals surface area contributed by atoms with Crippen molar-refractivity contribution in [2.24, 2.45) is 0 Å². The number of unbranched alkanes of at least 4 members (excludes halogenated alkanes) is 3. The van der Waals surface area contributed by atoms with Crippen molar-refractivity contribution in [1.29, 1.82) is 0 Å². The summed E-state index contributed by atoms with van der Waals surface area (Å²) >= 11 is 0. The number of hydrogen-bond acceptors (Lipinski definition) is 2. The molecule has 0 fully saturated rings. The zero-order chi connectivity index (χ0) is 11.7. The van der Waals surface area contributed by atoms with Crippen molar-refractivity contribution in [1.82, 2.24) is 4.90 Å². The first-order chi connectivity index (χ1) is 6.98. The van der Waals surface area contributed by atoms with E-state index in [0.717, 1.165) is 13.0 Å². The van der Waals surface area contributed by atoms with Crippen molar-refractivity contribution >= 4 is 0 Å². The molecule has 0 amide bonds. The van der Waals surface area contributed by atoms with E-state index in [2.05, 4.69) is 39.8 Å². The summed E-state index contributed by atoms with van der Waals surface area (Å²) in [6.45, 7) is 8.64. The van der Waals surface area contributed by atoms with Gasteiger partial charge in [-0.25, -0.2) is 0 Å². The van der Waals surface area contributed by atoms with Crippen LogP contribution in [0, 0.1) is 0 Å². The molecule has 0 rings (SSSR count). The zero-order valence-electron chi connectivity index (χ0n) is 11.3. The van der Waals surface area contributed by atoms with E-state index < -0.39 is 0 Å². The van der Waals surface area contributed by atoms with Crippen LogP contribution < -0.4 is 0 Å². The van der Waals surface area contributed by atoms with Crippen LogP contribution in [0.4, 0.5) is 0 Å². The molecule has 0 saturated carbocycles. The summed E-state index contributed by atoms with van der Waals surface area (Å²) in [6.07, 6.45) is 6.23. The van der Waals surface area contributed by atoms with Gasteiger partial charge in [0.2, 0.25) is 0 Å². The minimum Gasteiger partial charge on any atom is -0.376 e. The fourth-order valence-electron chi connectivity index (χ4n) is 1.33. The minimum atomic E-state index is 0.0731. The molecule has 0 aromatic carbocycles. The van der Waals surface area contributed by atoms with Gasteiger partial charge in [0.05, 0.1) is 5.60 Å². The average Bonchev–Trinajstić information content (AvgIpc) is 2.16. The van der Waals surface area contributed by atoms with Crippen LogP contribution in [0.2, 0.25) is 0 Å². The summed E-state index contributed by atoms with van der Waals surface area (Å²) in [6, 6.07) is 0. The van der Waals surface area contributed by atoms with E-state index in [1.165, 1.54) is 32.2 Å². The Morgan fingerprint density at radius 3 is 2.13 bits per heavy atom. The second kappa shape index (κ2) is 8.12. The molecule has 0 spiro atoms. The van der Waals surface area contributed by atoms with Gasteiger partial charge in [0.25, 0.3) is 0 Å². The molecule has 15 heavy (non-hydrogen) atoms. The lowest BCUT2D eigenvalue weighted by Crippen LogP contribution is -2.23. The molecule has 92 valence electrons. The molecule has 0 aliphatic carbocycles. The summed E-state index contributed by atoms with van der Waals surface area (Å²) in [4.78, 5) is 2.25. The van der Waals surface area contributed by atoms with Gasteiger partial charge in [-0.3, -0.25) is 0 Å². The third-order valence-corrected chi connectivity index (χ3v) is 2.84. The molecule has 2 nitrogen and oxygen atoms in total. The second-order valence-electron chi connectivity index (χ2n) is 5.18. The number of nitrogens with zero attached hydrogens (tertiary/aromatic N) is 1. The van der Waals surface area contributed by atoms with Gasteiger partial charge in [0, 0.05) is 6.61 Å². The highest BCUT2D eigenvalue weighted by Gasteiger charge is 2.13. The van der Waals surface area contributed by atoms with Gasteiger partial charge in [0.1, 0.15) is 0 Å². The Bertz CT molecular complexity index is 143. The van der Waals surface area contributed by atoms with Crippen LogP contribution in [-0.4, -0.2) is 37.7 Å². The van der Waals surface area contributed by atoms with Crippen LogP contribution >= 0.6 is 0 Å². The summed E-state index contributed by atoms with van der Waals surface area (Å²) in [5.74, 6) is 0. The van der Waals surface area contributed by atoms with Gasteiger partial charge >= 0.3 is 0 Å². The highest BCUT2D eigenvalue weighted by Crippen LogP contribution is 2.14. The van der Waals surface area contributed by atoms with Crippen molar-refractivity contribution in [3.63, 3.8) is 0 Å². The minimum absolute atomic E-state index is 0.0731. The molecule has 0 heterocycles. The highest BCUT2D eigenvalue weighted by atomic mass is 16.5. The van der Waals surface area contributed by atoms with E-state index in [1.54, 1.807) is 0 Å². The molecule has 0 aliphatic rings. The standard InChI is InChI=1S/C13H29NO/c1-6-13(2,3)15-12-10-8-7-9-11-14(4)5/h6-12H2,1-5H3. The molecular weight excluding hydrogens is 186 g/mol. The Hall–Kier alpha value is -0.0800. The van der Waals surface area contributed by atoms with Crippen molar-refractivity contribution < 1.29 is 4.74 Å². The first kappa shape index (κ1) is 14.9. The van der Waals surface area contributed by atoms with Crippen LogP contribution in [0.15, 0.2) is 0 Å². The number of rotatable bonds is 9. The van der Waals surface area contributed by atoms with E-state index in [1.807, 2.05) is 0 Å². The Morgan fingerprint density at radius 1 is 1.00 bits per heavy atom. The maximum absolute atomic E-state index is 5.80. The van der Waals surface area contributed by atoms with E-state index in [0.29, 0.717) is 0 Å². The number of hydrogen-bond donors (Lipinski definition) is 0. The molecule has 0 bridgehead atoms. The molecule has 0 radical (unpaired) electrons. The largest absolute Gasteiger partial charge is 0.376 e. The lowest BCUT2D eigenvalue weighted by atomic mass is 10.1. The van der Waals surface area contributed by atoms with Crippen LogP contribution in [0.25, 0.3) is 0 Å². The SMILES string of the molecule is CCC(C)(C)OCCCCCCN(C)C. The third-order valence-electron chi connectivity index (χ3n) is 2.84. The summed E-state index contributed by atoms with van der Waals surface area (Å²) < 4.78 is 5.80. The summed E-state index contributed by atoms with van der Waals surface area (Å²) in [5.41, 5.74) is 0.0731. The predicted molar refractivity (Wildman–Crippen MR) is 67.3 cm³/mol. The molecule has 0 saturated heterocycles. The van der Waals surface area contributed by atoms with Crippen LogP contribution in [0.5, 0.6) is 0 Å². The summed E-state index contributed by atoms with van der Waals surface area (Å²) in [7, 11) is 4.26. The Kier molecular flexibility index (Phi) is 8.07. The van der Waals surface area contributed by atoms with E-state index in [-0.39, 0.29) is 5.60 Å². The topological polar surface area (TPSA) is 12.5 Å². The molecule has 0 atom stereocenters. The molecule has 0 N–H and O–H groups in total. The zero-order valence-corrected chi connectivity index (χ0v) is 11.3. The van der Waals surface area contributed by atoms with Crippen LogP contribution in [0.3, 0.4) is 0 Å².